The molecule has 0 radical (unpaired) electrons. The topological polar surface area (TPSA) is 75.3 Å². The van der Waals surface area contributed by atoms with E-state index < -0.39 is 10.0 Å². The number of amides is 1. The number of hydrogen-bond donors (Lipinski definition) is 2. The van der Waals surface area contributed by atoms with E-state index in [0.29, 0.717) is 18.0 Å². The molecule has 2 aromatic rings. The number of sulfonamides is 1. The molecule has 0 unspecified atom stereocenters. The summed E-state index contributed by atoms with van der Waals surface area (Å²) < 4.78 is 28.3. The van der Waals surface area contributed by atoms with Gasteiger partial charge in [0.2, 0.25) is 0 Å². The van der Waals surface area contributed by atoms with Crippen LogP contribution >= 0.6 is 15.9 Å². The number of nitrogens with one attached hydrogen (secondary N) is 2. The molecule has 2 N–H and O–H groups in total. The second-order valence-electron chi connectivity index (χ2n) is 5.71. The van der Waals surface area contributed by atoms with Gasteiger partial charge in [0.05, 0.1) is 16.1 Å². The highest BCUT2D eigenvalue weighted by molar-refractivity contribution is 9.10. The van der Waals surface area contributed by atoms with Crippen LogP contribution in [0.25, 0.3) is 0 Å². The first-order valence-corrected chi connectivity index (χ1v) is 9.73. The minimum atomic E-state index is -3.77. The zero-order chi connectivity index (χ0) is 17.7. The van der Waals surface area contributed by atoms with Crippen LogP contribution in [-0.4, -0.2) is 20.9 Å². The number of para-hydroxylation sites is 1. The average Bonchev–Trinajstić information content (AvgIpc) is 2.53. The first-order chi connectivity index (χ1) is 11.3. The van der Waals surface area contributed by atoms with Crippen molar-refractivity contribution in [1.82, 2.24) is 5.32 Å². The fourth-order valence-corrected chi connectivity index (χ4v) is 3.32. The summed E-state index contributed by atoms with van der Waals surface area (Å²) in [4.78, 5) is 12.4. The molecule has 7 heteroatoms. The molecule has 128 valence electrons. The van der Waals surface area contributed by atoms with Gasteiger partial charge in [-0.3, -0.25) is 9.52 Å². The lowest BCUT2D eigenvalue weighted by Gasteiger charge is -2.13. The molecule has 0 heterocycles. The highest BCUT2D eigenvalue weighted by Crippen LogP contribution is 2.21. The van der Waals surface area contributed by atoms with Crippen LogP contribution in [0.5, 0.6) is 0 Å². The number of benzene rings is 2. The quantitative estimate of drug-likeness (QED) is 0.762. The van der Waals surface area contributed by atoms with Gasteiger partial charge in [0, 0.05) is 11.0 Å². The van der Waals surface area contributed by atoms with Gasteiger partial charge < -0.3 is 5.32 Å². The molecule has 0 aliphatic carbocycles. The highest BCUT2D eigenvalue weighted by Gasteiger charge is 2.18. The van der Waals surface area contributed by atoms with E-state index in [4.69, 9.17) is 0 Å². The van der Waals surface area contributed by atoms with Crippen LogP contribution < -0.4 is 10.0 Å². The van der Waals surface area contributed by atoms with Crippen LogP contribution in [0.3, 0.4) is 0 Å². The van der Waals surface area contributed by atoms with Crippen LogP contribution in [0.1, 0.15) is 24.2 Å². The number of halogens is 1. The largest absolute Gasteiger partial charge is 0.352 e. The van der Waals surface area contributed by atoms with E-state index in [1.54, 1.807) is 36.4 Å². The fourth-order valence-electron chi connectivity index (χ4n) is 1.98. The van der Waals surface area contributed by atoms with Crippen LogP contribution in [0.2, 0.25) is 0 Å². The monoisotopic (exact) mass is 410 g/mol. The molecular weight excluding hydrogens is 392 g/mol. The fraction of sp³-hybridized carbons (Fsp3) is 0.235. The van der Waals surface area contributed by atoms with Crippen molar-refractivity contribution < 1.29 is 13.2 Å². The Hall–Kier alpha value is -1.86. The summed E-state index contributed by atoms with van der Waals surface area (Å²) in [7, 11) is -3.77. The SMILES string of the molecule is CC(C)CNC(=O)c1ccccc1NS(=O)(=O)c1ccc(Br)cc1. The Morgan fingerprint density at radius 2 is 1.71 bits per heavy atom. The summed E-state index contributed by atoms with van der Waals surface area (Å²) in [6, 6.07) is 12.8. The second kappa shape index (κ2) is 7.81. The first kappa shape index (κ1) is 18.5. The van der Waals surface area contributed by atoms with Crippen molar-refractivity contribution >= 4 is 37.5 Å². The minimum absolute atomic E-state index is 0.128. The van der Waals surface area contributed by atoms with Gasteiger partial charge >= 0.3 is 0 Å². The van der Waals surface area contributed by atoms with Gasteiger partial charge in [0.25, 0.3) is 15.9 Å². The van der Waals surface area contributed by atoms with Gasteiger partial charge in [-0.15, -0.1) is 0 Å². The molecule has 0 atom stereocenters. The third-order valence-electron chi connectivity index (χ3n) is 3.21. The normalized spacial score (nSPS) is 11.3. The van der Waals surface area contributed by atoms with Crippen LogP contribution in [0.15, 0.2) is 57.9 Å². The zero-order valence-corrected chi connectivity index (χ0v) is 15.8. The molecule has 2 rings (SSSR count). The number of carbonyl (C=O) groups excluding carboxylic acids is 1. The van der Waals surface area contributed by atoms with E-state index in [0.717, 1.165) is 4.47 Å². The Kier molecular flexibility index (Phi) is 6.01. The summed E-state index contributed by atoms with van der Waals surface area (Å²) >= 11 is 3.27. The van der Waals surface area contributed by atoms with E-state index in [1.165, 1.54) is 12.1 Å². The second-order valence-corrected chi connectivity index (χ2v) is 8.31. The molecule has 0 spiro atoms. The lowest BCUT2D eigenvalue weighted by atomic mass is 10.1. The smallest absolute Gasteiger partial charge is 0.261 e. The Bertz CT molecular complexity index is 818. The van der Waals surface area contributed by atoms with Crippen molar-refractivity contribution in [3.8, 4) is 0 Å². The molecule has 0 fully saturated rings. The summed E-state index contributed by atoms with van der Waals surface area (Å²) in [5.74, 6) is -0.00150. The molecule has 0 saturated heterocycles. The first-order valence-electron chi connectivity index (χ1n) is 7.45. The Labute approximate surface area is 150 Å². The summed E-state index contributed by atoms with van der Waals surface area (Å²) in [5, 5.41) is 2.79. The number of anilines is 1. The average molecular weight is 411 g/mol. The van der Waals surface area contributed by atoms with Crippen LogP contribution in [0, 0.1) is 5.92 Å². The molecule has 0 bridgehead atoms. The Balaban J connectivity index is 2.26. The molecule has 0 saturated carbocycles. The number of rotatable bonds is 6. The molecule has 0 aromatic heterocycles. The molecule has 1 amide bonds. The van der Waals surface area contributed by atoms with Crippen LogP contribution in [0.4, 0.5) is 5.69 Å². The number of carbonyl (C=O) groups is 1. The minimum Gasteiger partial charge on any atom is -0.352 e. The predicted octanol–water partition coefficient (Wildman–Crippen LogP) is 3.64. The van der Waals surface area contributed by atoms with Gasteiger partial charge in [0.1, 0.15) is 0 Å². The molecule has 2 aromatic carbocycles. The Morgan fingerprint density at radius 3 is 2.33 bits per heavy atom. The van der Waals surface area contributed by atoms with Crippen molar-refractivity contribution in [2.45, 2.75) is 18.7 Å². The van der Waals surface area contributed by atoms with Gasteiger partial charge in [-0.1, -0.05) is 41.9 Å². The Morgan fingerprint density at radius 1 is 1.08 bits per heavy atom. The maximum Gasteiger partial charge on any atom is 0.261 e. The zero-order valence-electron chi connectivity index (χ0n) is 13.4. The standard InChI is InChI=1S/C17H19BrN2O3S/c1-12(2)11-19-17(21)15-5-3-4-6-16(15)20-24(22,23)14-9-7-13(18)8-10-14/h3-10,12,20H,11H2,1-2H3,(H,19,21). The third kappa shape index (κ3) is 4.82. The van der Waals surface area contributed by atoms with E-state index in [1.807, 2.05) is 13.8 Å². The van der Waals surface area contributed by atoms with E-state index >= 15 is 0 Å². The van der Waals surface area contributed by atoms with Gasteiger partial charge in [-0.2, -0.15) is 0 Å². The lowest BCUT2D eigenvalue weighted by molar-refractivity contribution is 0.0950. The molecule has 0 aliphatic rings. The van der Waals surface area contributed by atoms with Crippen molar-refractivity contribution in [1.29, 1.82) is 0 Å². The predicted molar refractivity (Wildman–Crippen MR) is 98.6 cm³/mol. The summed E-state index contributed by atoms with van der Waals surface area (Å²) in [5.41, 5.74) is 0.542. The third-order valence-corrected chi connectivity index (χ3v) is 5.12. The number of hydrogen-bond acceptors (Lipinski definition) is 3. The van der Waals surface area contributed by atoms with Crippen molar-refractivity contribution in [2.24, 2.45) is 5.92 Å². The summed E-state index contributed by atoms with van der Waals surface area (Å²) in [6.07, 6.45) is 0. The highest BCUT2D eigenvalue weighted by atomic mass is 79.9. The van der Waals surface area contributed by atoms with E-state index in [9.17, 15) is 13.2 Å². The maximum absolute atomic E-state index is 12.5. The molecule has 24 heavy (non-hydrogen) atoms. The van der Waals surface area contributed by atoms with E-state index in [-0.39, 0.29) is 16.5 Å². The molecule has 5 nitrogen and oxygen atoms in total. The van der Waals surface area contributed by atoms with Gasteiger partial charge in [0.15, 0.2) is 0 Å². The van der Waals surface area contributed by atoms with Crippen molar-refractivity contribution in [3.05, 3.63) is 58.6 Å². The molecular formula is C17H19BrN2O3S. The lowest BCUT2D eigenvalue weighted by Crippen LogP contribution is -2.28. The van der Waals surface area contributed by atoms with Crippen molar-refractivity contribution in [3.63, 3.8) is 0 Å². The van der Waals surface area contributed by atoms with Crippen molar-refractivity contribution in [2.75, 3.05) is 11.3 Å². The van der Waals surface area contributed by atoms with Gasteiger partial charge in [-0.25, -0.2) is 8.42 Å². The maximum atomic E-state index is 12.5. The molecule has 0 aliphatic heterocycles. The van der Waals surface area contributed by atoms with E-state index in [2.05, 4.69) is 26.0 Å². The van der Waals surface area contributed by atoms with Gasteiger partial charge in [-0.05, 0) is 42.3 Å². The van der Waals surface area contributed by atoms with Crippen LogP contribution in [-0.2, 0) is 10.0 Å². The summed E-state index contributed by atoms with van der Waals surface area (Å²) in [6.45, 7) is 4.50.